The zero-order valence-electron chi connectivity index (χ0n) is 9.73. The summed E-state index contributed by atoms with van der Waals surface area (Å²) in [5.74, 6) is 1.01. The first-order valence-corrected chi connectivity index (χ1v) is 5.99. The third-order valence-electron chi connectivity index (χ3n) is 2.68. The summed E-state index contributed by atoms with van der Waals surface area (Å²) in [6, 6.07) is 0. The molecule has 0 aliphatic heterocycles. The minimum absolute atomic E-state index is 1.01. The van der Waals surface area contributed by atoms with Crippen LogP contribution in [0.1, 0.15) is 58.8 Å². The Kier molecular flexibility index (Phi) is 10.0. The average Bonchev–Trinajstić information content (AvgIpc) is 2.13. The number of nitrogens with one attached hydrogen (secondary N) is 1. The van der Waals surface area contributed by atoms with Crippen molar-refractivity contribution in [1.82, 2.24) is 5.32 Å². The molecule has 0 aliphatic rings. The summed E-state index contributed by atoms with van der Waals surface area (Å²) in [5, 5.41) is 3.21. The molecule has 13 heavy (non-hydrogen) atoms. The quantitative estimate of drug-likeness (QED) is 0.541. The molecule has 0 rings (SSSR count). The molecule has 0 saturated heterocycles. The van der Waals surface area contributed by atoms with Crippen molar-refractivity contribution < 1.29 is 0 Å². The number of hydrogen-bond donors (Lipinski definition) is 1. The van der Waals surface area contributed by atoms with Gasteiger partial charge in [-0.3, -0.25) is 0 Å². The molecule has 0 bridgehead atoms. The number of hydrogen-bond acceptors (Lipinski definition) is 1. The summed E-state index contributed by atoms with van der Waals surface area (Å²) in [5.41, 5.74) is 0. The van der Waals surface area contributed by atoms with Gasteiger partial charge >= 0.3 is 0 Å². The van der Waals surface area contributed by atoms with Crippen molar-refractivity contribution in [1.29, 1.82) is 0 Å². The van der Waals surface area contributed by atoms with Gasteiger partial charge < -0.3 is 5.32 Å². The monoisotopic (exact) mass is 185 g/mol. The van der Waals surface area contributed by atoms with Gasteiger partial charge in [-0.2, -0.15) is 0 Å². The van der Waals surface area contributed by atoms with Crippen molar-refractivity contribution in [2.24, 2.45) is 5.92 Å². The van der Waals surface area contributed by atoms with Crippen molar-refractivity contribution >= 4 is 0 Å². The van der Waals surface area contributed by atoms with E-state index >= 15 is 0 Å². The van der Waals surface area contributed by atoms with Gasteiger partial charge in [0.2, 0.25) is 0 Å². The standard InChI is InChI=1S/C12H27N/c1-4-8-12(9-5-2)10-6-7-11-13-3/h12-13H,4-11H2,1-3H3. The summed E-state index contributed by atoms with van der Waals surface area (Å²) in [6.07, 6.45) is 9.80. The Morgan fingerprint density at radius 1 is 0.923 bits per heavy atom. The average molecular weight is 185 g/mol. The fourth-order valence-electron chi connectivity index (χ4n) is 1.98. The lowest BCUT2D eigenvalue weighted by atomic mass is 9.93. The van der Waals surface area contributed by atoms with Crippen LogP contribution in [0.25, 0.3) is 0 Å². The van der Waals surface area contributed by atoms with Crippen LogP contribution in [0.4, 0.5) is 0 Å². The highest BCUT2D eigenvalue weighted by Gasteiger charge is 2.05. The summed E-state index contributed by atoms with van der Waals surface area (Å²) in [7, 11) is 2.04. The van der Waals surface area contributed by atoms with Gasteiger partial charge in [0.1, 0.15) is 0 Å². The second kappa shape index (κ2) is 10.0. The molecule has 1 N–H and O–H groups in total. The van der Waals surface area contributed by atoms with Crippen molar-refractivity contribution in [3.05, 3.63) is 0 Å². The fourth-order valence-corrected chi connectivity index (χ4v) is 1.98. The van der Waals surface area contributed by atoms with E-state index < -0.39 is 0 Å². The molecule has 0 radical (unpaired) electrons. The van der Waals surface area contributed by atoms with Crippen LogP contribution < -0.4 is 5.32 Å². The van der Waals surface area contributed by atoms with Gasteiger partial charge in [-0.15, -0.1) is 0 Å². The first-order chi connectivity index (χ1) is 6.35. The normalized spacial score (nSPS) is 11.1. The molecule has 80 valence electrons. The third kappa shape index (κ3) is 8.29. The molecule has 0 amide bonds. The van der Waals surface area contributed by atoms with E-state index in [9.17, 15) is 0 Å². The van der Waals surface area contributed by atoms with Crippen LogP contribution in [0, 0.1) is 5.92 Å². The molecular weight excluding hydrogens is 158 g/mol. The Morgan fingerprint density at radius 3 is 2.00 bits per heavy atom. The predicted octanol–water partition coefficient (Wildman–Crippen LogP) is 3.59. The summed E-state index contributed by atoms with van der Waals surface area (Å²) < 4.78 is 0. The van der Waals surface area contributed by atoms with Crippen LogP contribution in [0.2, 0.25) is 0 Å². The maximum atomic E-state index is 3.21. The maximum absolute atomic E-state index is 3.21. The van der Waals surface area contributed by atoms with E-state index in [1.807, 2.05) is 7.05 Å². The lowest BCUT2D eigenvalue weighted by Crippen LogP contribution is -2.08. The predicted molar refractivity (Wildman–Crippen MR) is 61.1 cm³/mol. The van der Waals surface area contributed by atoms with E-state index in [-0.39, 0.29) is 0 Å². The summed E-state index contributed by atoms with van der Waals surface area (Å²) in [6.45, 7) is 5.79. The van der Waals surface area contributed by atoms with E-state index in [1.54, 1.807) is 0 Å². The Hall–Kier alpha value is -0.0400. The second-order valence-electron chi connectivity index (χ2n) is 4.04. The molecule has 0 aliphatic carbocycles. The SMILES string of the molecule is CCCC(CCC)CCCCNC. The molecule has 0 saturated carbocycles. The lowest BCUT2D eigenvalue weighted by molar-refractivity contribution is 0.394. The number of unbranched alkanes of at least 4 members (excludes halogenated alkanes) is 1. The minimum Gasteiger partial charge on any atom is -0.320 e. The first kappa shape index (κ1) is 13.0. The molecule has 0 spiro atoms. The lowest BCUT2D eigenvalue weighted by Gasteiger charge is -2.14. The van der Waals surface area contributed by atoms with E-state index in [2.05, 4.69) is 19.2 Å². The number of rotatable bonds is 9. The highest BCUT2D eigenvalue weighted by atomic mass is 14.8. The highest BCUT2D eigenvalue weighted by molar-refractivity contribution is 4.59. The van der Waals surface area contributed by atoms with Crippen LogP contribution in [-0.4, -0.2) is 13.6 Å². The fraction of sp³-hybridized carbons (Fsp3) is 1.00. The molecule has 0 aromatic heterocycles. The van der Waals surface area contributed by atoms with Gasteiger partial charge in [0, 0.05) is 0 Å². The summed E-state index contributed by atoms with van der Waals surface area (Å²) >= 11 is 0. The van der Waals surface area contributed by atoms with Gasteiger partial charge in [-0.05, 0) is 25.9 Å². The van der Waals surface area contributed by atoms with Crippen LogP contribution in [-0.2, 0) is 0 Å². The molecule has 1 heteroatoms. The topological polar surface area (TPSA) is 12.0 Å². The van der Waals surface area contributed by atoms with Crippen molar-refractivity contribution in [2.45, 2.75) is 58.8 Å². The Balaban J connectivity index is 3.33. The molecule has 0 heterocycles. The molecular formula is C12H27N. The van der Waals surface area contributed by atoms with Crippen LogP contribution in [0.15, 0.2) is 0 Å². The summed E-state index contributed by atoms with van der Waals surface area (Å²) in [4.78, 5) is 0. The van der Waals surface area contributed by atoms with E-state index in [0.717, 1.165) is 5.92 Å². The molecule has 0 unspecified atom stereocenters. The van der Waals surface area contributed by atoms with Crippen molar-refractivity contribution in [3.8, 4) is 0 Å². The van der Waals surface area contributed by atoms with Gasteiger partial charge in [-0.1, -0.05) is 52.4 Å². The highest BCUT2D eigenvalue weighted by Crippen LogP contribution is 2.19. The van der Waals surface area contributed by atoms with E-state index in [4.69, 9.17) is 0 Å². The van der Waals surface area contributed by atoms with Crippen LogP contribution in [0.5, 0.6) is 0 Å². The largest absolute Gasteiger partial charge is 0.320 e. The maximum Gasteiger partial charge on any atom is -0.00519 e. The molecule has 0 atom stereocenters. The van der Waals surface area contributed by atoms with Crippen LogP contribution in [0.3, 0.4) is 0 Å². The zero-order chi connectivity index (χ0) is 9.94. The molecule has 0 fully saturated rings. The van der Waals surface area contributed by atoms with Crippen LogP contribution >= 0.6 is 0 Å². The smallest absolute Gasteiger partial charge is 0.00519 e. The minimum atomic E-state index is 1.01. The van der Waals surface area contributed by atoms with Gasteiger partial charge in [0.25, 0.3) is 0 Å². The Morgan fingerprint density at radius 2 is 1.54 bits per heavy atom. The zero-order valence-corrected chi connectivity index (χ0v) is 9.73. The molecule has 0 aromatic rings. The Labute approximate surface area is 84.3 Å². The van der Waals surface area contributed by atoms with Gasteiger partial charge in [0.05, 0.1) is 0 Å². The van der Waals surface area contributed by atoms with E-state index in [1.165, 1.54) is 51.5 Å². The molecule has 0 aromatic carbocycles. The third-order valence-corrected chi connectivity index (χ3v) is 2.68. The Bertz CT molecular complexity index is 85.1. The molecule has 1 nitrogen and oxygen atoms in total. The second-order valence-corrected chi connectivity index (χ2v) is 4.04. The van der Waals surface area contributed by atoms with Gasteiger partial charge in [-0.25, -0.2) is 0 Å². The van der Waals surface area contributed by atoms with Crippen molar-refractivity contribution in [2.75, 3.05) is 13.6 Å². The van der Waals surface area contributed by atoms with Gasteiger partial charge in [0.15, 0.2) is 0 Å². The van der Waals surface area contributed by atoms with E-state index in [0.29, 0.717) is 0 Å². The van der Waals surface area contributed by atoms with Crippen molar-refractivity contribution in [3.63, 3.8) is 0 Å². The first-order valence-electron chi connectivity index (χ1n) is 5.99.